The minimum Gasteiger partial charge on any atom is -0.493 e. The summed E-state index contributed by atoms with van der Waals surface area (Å²) in [6.07, 6.45) is 0.870. The highest BCUT2D eigenvalue weighted by Crippen LogP contribution is 2.29. The van der Waals surface area contributed by atoms with Crippen molar-refractivity contribution in [3.63, 3.8) is 0 Å². The van der Waals surface area contributed by atoms with Gasteiger partial charge < -0.3 is 24.7 Å². The number of methoxy groups -OCH3 is 3. The smallest absolute Gasteiger partial charge is 0.161 e. The molecule has 2 N–H and O–H groups in total. The monoisotopic (exact) mass is 269 g/mol. The topological polar surface area (TPSA) is 62.9 Å². The van der Waals surface area contributed by atoms with Crippen LogP contribution in [0.1, 0.15) is 18.0 Å². The van der Waals surface area contributed by atoms with Crippen molar-refractivity contribution >= 4 is 0 Å². The molecule has 1 aromatic carbocycles. The molecule has 0 saturated heterocycles. The molecule has 1 aromatic rings. The molecule has 1 atom stereocenters. The third-order valence-electron chi connectivity index (χ3n) is 2.77. The summed E-state index contributed by atoms with van der Waals surface area (Å²) in [5, 5.41) is 0. The van der Waals surface area contributed by atoms with Gasteiger partial charge in [0.05, 0.1) is 26.9 Å². The van der Waals surface area contributed by atoms with Gasteiger partial charge in [0.25, 0.3) is 0 Å². The van der Waals surface area contributed by atoms with Gasteiger partial charge in [0.1, 0.15) is 0 Å². The fourth-order valence-electron chi connectivity index (χ4n) is 1.70. The third kappa shape index (κ3) is 5.06. The van der Waals surface area contributed by atoms with E-state index in [2.05, 4.69) is 0 Å². The first-order chi connectivity index (χ1) is 9.22. The Morgan fingerprint density at radius 2 is 1.79 bits per heavy atom. The zero-order chi connectivity index (χ0) is 14.1. The number of hydrogen-bond donors (Lipinski definition) is 1. The summed E-state index contributed by atoms with van der Waals surface area (Å²) in [4.78, 5) is 0. The van der Waals surface area contributed by atoms with Crippen LogP contribution in [0.15, 0.2) is 18.2 Å². The molecule has 5 heteroatoms. The second-order valence-electron chi connectivity index (χ2n) is 4.14. The number of benzene rings is 1. The number of ether oxygens (including phenoxy) is 4. The molecule has 5 nitrogen and oxygen atoms in total. The molecule has 0 amide bonds. The molecule has 0 radical (unpaired) electrons. The van der Waals surface area contributed by atoms with Gasteiger partial charge in [-0.05, 0) is 24.1 Å². The Labute approximate surface area is 114 Å². The van der Waals surface area contributed by atoms with Crippen LogP contribution in [-0.4, -0.2) is 41.2 Å². The molecule has 0 heterocycles. The Balaban J connectivity index is 2.49. The van der Waals surface area contributed by atoms with E-state index in [0.29, 0.717) is 31.3 Å². The Bertz CT molecular complexity index is 370. The van der Waals surface area contributed by atoms with Gasteiger partial charge in [-0.15, -0.1) is 0 Å². The Morgan fingerprint density at radius 3 is 2.42 bits per heavy atom. The molecule has 0 fully saturated rings. The van der Waals surface area contributed by atoms with Gasteiger partial charge in [-0.1, -0.05) is 6.07 Å². The van der Waals surface area contributed by atoms with Crippen LogP contribution in [0.4, 0.5) is 0 Å². The van der Waals surface area contributed by atoms with Crippen LogP contribution in [0, 0.1) is 0 Å². The zero-order valence-electron chi connectivity index (χ0n) is 11.8. The van der Waals surface area contributed by atoms with E-state index < -0.39 is 0 Å². The molecular formula is C14H23NO4. The van der Waals surface area contributed by atoms with Crippen LogP contribution >= 0.6 is 0 Å². The van der Waals surface area contributed by atoms with Crippen molar-refractivity contribution in [2.75, 3.05) is 41.2 Å². The molecule has 0 aliphatic heterocycles. The molecule has 0 bridgehead atoms. The quantitative estimate of drug-likeness (QED) is 0.692. The fourth-order valence-corrected chi connectivity index (χ4v) is 1.70. The maximum atomic E-state index is 6.07. The van der Waals surface area contributed by atoms with Gasteiger partial charge in [0.15, 0.2) is 11.5 Å². The predicted molar refractivity (Wildman–Crippen MR) is 73.8 cm³/mol. The van der Waals surface area contributed by atoms with Crippen LogP contribution in [0.3, 0.4) is 0 Å². The summed E-state index contributed by atoms with van der Waals surface area (Å²) in [6.45, 7) is 1.82. The average Bonchev–Trinajstić information content (AvgIpc) is 2.46. The summed E-state index contributed by atoms with van der Waals surface area (Å²) >= 11 is 0. The molecule has 0 spiro atoms. The normalized spacial score (nSPS) is 12.2. The SMILES string of the molecule is COCCCOCC(N)c1ccc(OC)c(OC)c1. The lowest BCUT2D eigenvalue weighted by molar-refractivity contribution is 0.0940. The van der Waals surface area contributed by atoms with Crippen LogP contribution in [0.25, 0.3) is 0 Å². The largest absolute Gasteiger partial charge is 0.493 e. The highest BCUT2D eigenvalue weighted by atomic mass is 16.5. The molecule has 0 aliphatic carbocycles. The van der Waals surface area contributed by atoms with E-state index in [0.717, 1.165) is 12.0 Å². The van der Waals surface area contributed by atoms with E-state index in [-0.39, 0.29) is 6.04 Å². The lowest BCUT2D eigenvalue weighted by atomic mass is 10.1. The Hall–Kier alpha value is -1.30. The second kappa shape index (κ2) is 8.74. The van der Waals surface area contributed by atoms with Gasteiger partial charge in [0.2, 0.25) is 0 Å². The van der Waals surface area contributed by atoms with E-state index >= 15 is 0 Å². The number of nitrogens with two attached hydrogens (primary N) is 1. The Morgan fingerprint density at radius 1 is 1.05 bits per heavy atom. The summed E-state index contributed by atoms with van der Waals surface area (Å²) < 4.78 is 20.9. The first-order valence-corrected chi connectivity index (χ1v) is 6.27. The van der Waals surface area contributed by atoms with E-state index in [9.17, 15) is 0 Å². The van der Waals surface area contributed by atoms with Crippen molar-refractivity contribution in [1.29, 1.82) is 0 Å². The van der Waals surface area contributed by atoms with E-state index in [1.54, 1.807) is 21.3 Å². The van der Waals surface area contributed by atoms with Gasteiger partial charge in [0, 0.05) is 20.3 Å². The summed E-state index contributed by atoms with van der Waals surface area (Å²) in [6, 6.07) is 5.47. The highest BCUT2D eigenvalue weighted by molar-refractivity contribution is 5.43. The molecule has 0 saturated carbocycles. The van der Waals surface area contributed by atoms with Gasteiger partial charge in [-0.2, -0.15) is 0 Å². The molecule has 19 heavy (non-hydrogen) atoms. The van der Waals surface area contributed by atoms with Crippen molar-refractivity contribution in [2.45, 2.75) is 12.5 Å². The van der Waals surface area contributed by atoms with Crippen molar-refractivity contribution < 1.29 is 18.9 Å². The van der Waals surface area contributed by atoms with Crippen molar-refractivity contribution in [2.24, 2.45) is 5.73 Å². The lowest BCUT2D eigenvalue weighted by Crippen LogP contribution is -2.18. The highest BCUT2D eigenvalue weighted by Gasteiger charge is 2.10. The number of hydrogen-bond acceptors (Lipinski definition) is 5. The van der Waals surface area contributed by atoms with E-state index in [1.165, 1.54) is 0 Å². The van der Waals surface area contributed by atoms with E-state index in [1.807, 2.05) is 18.2 Å². The van der Waals surface area contributed by atoms with Crippen LogP contribution < -0.4 is 15.2 Å². The van der Waals surface area contributed by atoms with Crippen LogP contribution in [0.5, 0.6) is 11.5 Å². The molecule has 108 valence electrons. The minimum atomic E-state index is -0.178. The summed E-state index contributed by atoms with van der Waals surface area (Å²) in [5.74, 6) is 1.37. The summed E-state index contributed by atoms with van der Waals surface area (Å²) in [7, 11) is 4.89. The second-order valence-corrected chi connectivity index (χ2v) is 4.14. The molecule has 1 unspecified atom stereocenters. The predicted octanol–water partition coefficient (Wildman–Crippen LogP) is 1.76. The number of rotatable bonds is 9. The molecular weight excluding hydrogens is 246 g/mol. The molecule has 0 aliphatic rings. The minimum absolute atomic E-state index is 0.178. The standard InChI is InChI=1S/C14H23NO4/c1-16-7-4-8-19-10-12(15)11-5-6-13(17-2)14(9-11)18-3/h5-6,9,12H,4,7-8,10,15H2,1-3H3. The first-order valence-electron chi connectivity index (χ1n) is 6.27. The van der Waals surface area contributed by atoms with Crippen LogP contribution in [0.2, 0.25) is 0 Å². The average molecular weight is 269 g/mol. The zero-order valence-corrected chi connectivity index (χ0v) is 11.8. The van der Waals surface area contributed by atoms with Gasteiger partial charge >= 0.3 is 0 Å². The van der Waals surface area contributed by atoms with Crippen molar-refractivity contribution in [3.05, 3.63) is 23.8 Å². The maximum Gasteiger partial charge on any atom is 0.161 e. The van der Waals surface area contributed by atoms with Crippen molar-refractivity contribution in [1.82, 2.24) is 0 Å². The fraction of sp³-hybridized carbons (Fsp3) is 0.571. The maximum absolute atomic E-state index is 6.07. The van der Waals surface area contributed by atoms with Gasteiger partial charge in [-0.3, -0.25) is 0 Å². The molecule has 0 aromatic heterocycles. The molecule has 1 rings (SSSR count). The van der Waals surface area contributed by atoms with Crippen LogP contribution in [-0.2, 0) is 9.47 Å². The Kier molecular flexibility index (Phi) is 7.25. The van der Waals surface area contributed by atoms with Crippen molar-refractivity contribution in [3.8, 4) is 11.5 Å². The third-order valence-corrected chi connectivity index (χ3v) is 2.77. The van der Waals surface area contributed by atoms with E-state index in [4.69, 9.17) is 24.7 Å². The summed E-state index contributed by atoms with van der Waals surface area (Å²) in [5.41, 5.74) is 7.03. The lowest BCUT2D eigenvalue weighted by Gasteiger charge is -2.15. The van der Waals surface area contributed by atoms with Gasteiger partial charge in [-0.25, -0.2) is 0 Å². The first kappa shape index (κ1) is 15.8.